The van der Waals surface area contributed by atoms with Crippen LogP contribution in [0, 0.1) is 6.92 Å². The minimum atomic E-state index is -1.29. The van der Waals surface area contributed by atoms with Crippen LogP contribution in [0.15, 0.2) is 205 Å². The van der Waals surface area contributed by atoms with Crippen molar-refractivity contribution < 1.29 is 66.5 Å². The summed E-state index contributed by atoms with van der Waals surface area (Å²) in [4.78, 5) is 41.5. The summed E-state index contributed by atoms with van der Waals surface area (Å²) in [6.07, 6.45) is -9.54. The number of aryl methyl sites for hydroxylation is 1. The molecular weight excluding hydrogens is 1060 g/mol. The van der Waals surface area contributed by atoms with Gasteiger partial charge in [-0.25, -0.2) is 4.79 Å². The van der Waals surface area contributed by atoms with Crippen molar-refractivity contribution in [2.45, 2.75) is 125 Å². The number of carbonyl (C=O) groups excluding carboxylic acids is 3. The molecule has 2 heterocycles. The molecule has 0 spiro atoms. The third kappa shape index (κ3) is 17.5. The fraction of sp³-hybridized carbons (Fsp3) is 0.328. The molecular formula is C67H70O14S. The van der Waals surface area contributed by atoms with Gasteiger partial charge in [-0.05, 0) is 78.1 Å². The van der Waals surface area contributed by atoms with Crippen molar-refractivity contribution in [3.05, 3.63) is 239 Å². The van der Waals surface area contributed by atoms with E-state index >= 15 is 0 Å². The molecule has 7 aromatic carbocycles. The van der Waals surface area contributed by atoms with Gasteiger partial charge in [0.15, 0.2) is 18.5 Å². The molecule has 7 aromatic rings. The van der Waals surface area contributed by atoms with Gasteiger partial charge in [0.05, 0.1) is 65.3 Å². The predicted octanol–water partition coefficient (Wildman–Crippen LogP) is 11.6. The highest BCUT2D eigenvalue weighted by Gasteiger charge is 2.54. The first-order valence-corrected chi connectivity index (χ1v) is 28.5. The molecule has 9 rings (SSSR count). The third-order valence-corrected chi connectivity index (χ3v) is 15.1. The maximum Gasteiger partial charge on any atom is 0.338 e. The van der Waals surface area contributed by atoms with Crippen LogP contribution < -0.4 is 4.74 Å². The summed E-state index contributed by atoms with van der Waals surface area (Å²) in [5.41, 5.74) is 4.88. The smallest absolute Gasteiger partial charge is 0.338 e. The lowest BCUT2D eigenvalue weighted by atomic mass is 9.97. The Labute approximate surface area is 484 Å². The number of thioether (sulfide) groups is 1. The number of hydrogen-bond donors (Lipinski definition) is 0. The molecule has 0 saturated carbocycles. The first kappa shape index (κ1) is 59.6. The van der Waals surface area contributed by atoms with Crippen molar-refractivity contribution in [2.24, 2.45) is 0 Å². The normalized spacial score (nSPS) is 22.4. The average molecular weight is 1130 g/mol. The van der Waals surface area contributed by atoms with E-state index in [-0.39, 0.29) is 58.3 Å². The van der Waals surface area contributed by atoms with Crippen molar-refractivity contribution in [1.29, 1.82) is 0 Å². The summed E-state index contributed by atoms with van der Waals surface area (Å²) in [6.45, 7) is 4.09. The molecule has 2 aliphatic rings. The maximum atomic E-state index is 14.3. The highest BCUT2D eigenvalue weighted by molar-refractivity contribution is 7.99. The fourth-order valence-corrected chi connectivity index (χ4v) is 10.7. The topological polar surface area (TPSA) is 153 Å². The van der Waals surface area contributed by atoms with Crippen molar-refractivity contribution in [2.75, 3.05) is 20.3 Å². The average Bonchev–Trinajstić information content (AvgIpc) is 3.68. The van der Waals surface area contributed by atoms with Crippen LogP contribution >= 0.6 is 11.8 Å². The van der Waals surface area contributed by atoms with Crippen LogP contribution in [-0.2, 0) is 90.0 Å². The Morgan fingerprint density at radius 3 is 1.46 bits per heavy atom. The van der Waals surface area contributed by atoms with Crippen LogP contribution in [0.1, 0.15) is 63.5 Å². The van der Waals surface area contributed by atoms with Gasteiger partial charge in [0.1, 0.15) is 53.6 Å². The Morgan fingerprint density at radius 1 is 0.451 bits per heavy atom. The van der Waals surface area contributed by atoms with Gasteiger partial charge >= 0.3 is 11.9 Å². The van der Waals surface area contributed by atoms with Crippen LogP contribution in [0.4, 0.5) is 0 Å². The van der Waals surface area contributed by atoms with Crippen LogP contribution in [0.25, 0.3) is 0 Å². The Bertz CT molecular complexity index is 3010. The van der Waals surface area contributed by atoms with E-state index in [1.54, 1.807) is 37.4 Å². The summed E-state index contributed by atoms with van der Waals surface area (Å²) in [5, 5.41) is 0. The molecule has 428 valence electrons. The second kappa shape index (κ2) is 30.9. The number of Topliss-reactive ketones (excluding diaryl/α,β-unsaturated/α-hetero) is 1. The SMILES string of the molecule is COc1ccc(CO[C@H]2[C@@H](OC(=O)CCC(C)=O)[C@@H](CO[C@@H]3O[C@H](COCc4ccccc4)[C@H](OCc4ccccc4)[C@H](OCc4ccccc4)[C@H]3OCc3ccccc3)O[C@@H](Sc3ccc(C)cc3)[C@@H]2OC(=O)c2ccccc2)cc1. The molecule has 0 bridgehead atoms. The second-order valence-electron chi connectivity index (χ2n) is 20.2. The number of benzene rings is 7. The standard InChI is InChI=1S/C67H70O14S/c1-46-29-36-55(37-30-46)82-67-64(81-65(70)53-27-17-8-18-28-53)62(75-43-52-32-34-54(71-3)35-33-52)60(80-58(69)38-31-47(2)68)57(79-67)45-77-66-63(76-42-51-25-15-7-16-26-51)61(74-41-50-23-13-6-14-24-50)59(73-40-49-21-11-5-12-22-49)56(78-66)44-72-39-48-19-9-4-10-20-48/h4-30,32-37,56-57,59-64,66-67H,31,38-45H2,1-3H3/t56-,57-,59+,60+,61+,62+,63-,64-,66-,67+/m1/s1. The summed E-state index contributed by atoms with van der Waals surface area (Å²) >= 11 is 1.33. The second-order valence-corrected chi connectivity index (χ2v) is 21.3. The van der Waals surface area contributed by atoms with Gasteiger partial charge in [0.2, 0.25) is 0 Å². The van der Waals surface area contributed by atoms with Crippen molar-refractivity contribution >= 4 is 29.5 Å². The molecule has 0 aliphatic carbocycles. The fourth-order valence-electron chi connectivity index (χ4n) is 9.56. The van der Waals surface area contributed by atoms with Crippen molar-refractivity contribution in [3.63, 3.8) is 0 Å². The van der Waals surface area contributed by atoms with E-state index in [0.717, 1.165) is 38.3 Å². The molecule has 14 nitrogen and oxygen atoms in total. The molecule has 0 aromatic heterocycles. The van der Waals surface area contributed by atoms with Gasteiger partial charge < -0.3 is 56.9 Å². The summed E-state index contributed by atoms with van der Waals surface area (Å²) in [6, 6.07) is 63.2. The Kier molecular flexibility index (Phi) is 22.4. The van der Waals surface area contributed by atoms with E-state index in [4.69, 9.17) is 52.1 Å². The molecule has 0 amide bonds. The van der Waals surface area contributed by atoms with Crippen LogP contribution in [0.3, 0.4) is 0 Å². The Balaban J connectivity index is 1.11. The summed E-state index contributed by atoms with van der Waals surface area (Å²) in [5.74, 6) is -0.873. The lowest BCUT2D eigenvalue weighted by Crippen LogP contribution is -2.63. The van der Waals surface area contributed by atoms with Gasteiger partial charge in [0, 0.05) is 11.3 Å². The first-order valence-electron chi connectivity index (χ1n) is 27.6. The van der Waals surface area contributed by atoms with Crippen molar-refractivity contribution in [3.8, 4) is 5.75 Å². The van der Waals surface area contributed by atoms with Gasteiger partial charge in [0.25, 0.3) is 0 Å². The largest absolute Gasteiger partial charge is 0.497 e. The van der Waals surface area contributed by atoms with E-state index in [9.17, 15) is 14.4 Å². The van der Waals surface area contributed by atoms with E-state index in [1.165, 1.54) is 18.7 Å². The number of methoxy groups -OCH3 is 1. The number of hydrogen-bond acceptors (Lipinski definition) is 15. The van der Waals surface area contributed by atoms with Crippen LogP contribution in [-0.4, -0.2) is 98.6 Å². The van der Waals surface area contributed by atoms with E-state index in [0.29, 0.717) is 17.9 Å². The molecule has 0 unspecified atom stereocenters. The van der Waals surface area contributed by atoms with E-state index < -0.39 is 72.5 Å². The molecule has 0 radical (unpaired) electrons. The molecule has 15 heteroatoms. The zero-order chi connectivity index (χ0) is 56.9. The Hall–Kier alpha value is -7.02. The monoisotopic (exact) mass is 1130 g/mol. The lowest BCUT2D eigenvalue weighted by Gasteiger charge is -2.47. The van der Waals surface area contributed by atoms with Gasteiger partial charge in [-0.2, -0.15) is 0 Å². The number of rotatable bonds is 28. The first-order chi connectivity index (χ1) is 40.1. The molecule has 2 fully saturated rings. The molecule has 2 saturated heterocycles. The summed E-state index contributed by atoms with van der Waals surface area (Å²) < 4.78 is 73.9. The quantitative estimate of drug-likeness (QED) is 0.0427. The van der Waals surface area contributed by atoms with Gasteiger partial charge in [-0.15, -0.1) is 0 Å². The van der Waals surface area contributed by atoms with E-state index in [1.807, 2.05) is 177 Å². The summed E-state index contributed by atoms with van der Waals surface area (Å²) in [7, 11) is 1.59. The van der Waals surface area contributed by atoms with Gasteiger partial charge in [-0.3, -0.25) is 4.79 Å². The number of ether oxygens (including phenoxy) is 11. The molecule has 10 atom stereocenters. The van der Waals surface area contributed by atoms with Crippen molar-refractivity contribution in [1.82, 2.24) is 0 Å². The molecule has 82 heavy (non-hydrogen) atoms. The molecule has 0 N–H and O–H groups in total. The van der Waals surface area contributed by atoms with E-state index in [2.05, 4.69) is 0 Å². The number of esters is 2. The van der Waals surface area contributed by atoms with Crippen LogP contribution in [0.5, 0.6) is 5.75 Å². The predicted molar refractivity (Wildman–Crippen MR) is 308 cm³/mol. The highest BCUT2D eigenvalue weighted by atomic mass is 32.2. The highest BCUT2D eigenvalue weighted by Crippen LogP contribution is 2.40. The minimum absolute atomic E-state index is 0.00163. The number of ketones is 1. The number of carbonyl (C=O) groups is 3. The van der Waals surface area contributed by atoms with Crippen LogP contribution in [0.2, 0.25) is 0 Å². The zero-order valence-corrected chi connectivity index (χ0v) is 47.1. The third-order valence-electron chi connectivity index (χ3n) is 13.9. The lowest BCUT2D eigenvalue weighted by molar-refractivity contribution is -0.335. The maximum absolute atomic E-state index is 14.3. The minimum Gasteiger partial charge on any atom is -0.497 e. The Morgan fingerprint density at radius 2 is 0.927 bits per heavy atom. The van der Waals surface area contributed by atoms with Gasteiger partial charge in [-0.1, -0.05) is 181 Å². The molecule has 2 aliphatic heterocycles. The zero-order valence-electron chi connectivity index (χ0n) is 46.3.